The molecule has 1 aromatic rings. The molecule has 0 bridgehead atoms. The van der Waals surface area contributed by atoms with E-state index >= 15 is 0 Å². The zero-order valence-corrected chi connectivity index (χ0v) is 8.07. The van der Waals surface area contributed by atoms with Gasteiger partial charge in [-0.25, -0.2) is 0 Å². The predicted molar refractivity (Wildman–Crippen MR) is 53.7 cm³/mol. The van der Waals surface area contributed by atoms with Crippen LogP contribution in [0.4, 0.5) is 0 Å². The normalized spacial score (nSPS) is 24.7. The minimum absolute atomic E-state index is 0.338. The van der Waals surface area contributed by atoms with E-state index in [4.69, 9.17) is 0 Å². The lowest BCUT2D eigenvalue weighted by atomic mass is 9.95. The van der Waals surface area contributed by atoms with Crippen LogP contribution in [0.3, 0.4) is 0 Å². The van der Waals surface area contributed by atoms with Crippen molar-refractivity contribution in [3.8, 4) is 0 Å². The number of benzene rings is 1. The maximum Gasteiger partial charge on any atom is 0.223 e. The molecular weight excluding hydrogens is 174 g/mol. The number of rotatable bonds is 0. The second kappa shape index (κ2) is 2.84. The molecule has 1 amide bonds. The highest BCUT2D eigenvalue weighted by atomic mass is 16.2. The zero-order chi connectivity index (χ0) is 9.54. The predicted octanol–water partition coefficient (Wildman–Crippen LogP) is 1.73. The molecule has 1 atom stereocenters. The monoisotopic (exact) mass is 187 g/mol. The molecule has 0 aliphatic carbocycles. The van der Waals surface area contributed by atoms with Gasteiger partial charge in [-0.3, -0.25) is 4.79 Å². The molecule has 2 heteroatoms. The van der Waals surface area contributed by atoms with E-state index < -0.39 is 0 Å². The molecular formula is C12H13NO. The van der Waals surface area contributed by atoms with E-state index in [0.717, 1.165) is 25.8 Å². The molecule has 14 heavy (non-hydrogen) atoms. The quantitative estimate of drug-likeness (QED) is 0.605. The summed E-state index contributed by atoms with van der Waals surface area (Å²) in [7, 11) is 0. The number of nitrogens with zero attached hydrogens (tertiary/aromatic N) is 1. The van der Waals surface area contributed by atoms with Crippen molar-refractivity contribution in [2.45, 2.75) is 31.8 Å². The molecule has 0 radical (unpaired) electrons. The van der Waals surface area contributed by atoms with Gasteiger partial charge in [-0.2, -0.15) is 0 Å². The SMILES string of the molecule is O=C1CCC2Cc3ccccc3CN12. The molecule has 1 unspecified atom stereocenters. The maximum atomic E-state index is 11.5. The first kappa shape index (κ1) is 8.04. The second-order valence-electron chi connectivity index (χ2n) is 4.19. The van der Waals surface area contributed by atoms with Crippen molar-refractivity contribution in [3.05, 3.63) is 35.4 Å². The molecule has 0 N–H and O–H groups in total. The molecule has 3 rings (SSSR count). The summed E-state index contributed by atoms with van der Waals surface area (Å²) in [6.07, 6.45) is 2.85. The first-order chi connectivity index (χ1) is 6.84. The van der Waals surface area contributed by atoms with E-state index in [-0.39, 0.29) is 0 Å². The topological polar surface area (TPSA) is 20.3 Å². The summed E-state index contributed by atoms with van der Waals surface area (Å²) in [4.78, 5) is 13.6. The Morgan fingerprint density at radius 2 is 2.00 bits per heavy atom. The van der Waals surface area contributed by atoms with E-state index in [2.05, 4.69) is 24.3 Å². The molecule has 2 nitrogen and oxygen atoms in total. The third kappa shape index (κ3) is 1.07. The minimum atomic E-state index is 0.338. The number of carbonyl (C=O) groups is 1. The van der Waals surface area contributed by atoms with E-state index in [1.54, 1.807) is 0 Å². The lowest BCUT2D eigenvalue weighted by Gasteiger charge is -2.31. The fourth-order valence-corrected chi connectivity index (χ4v) is 2.57. The van der Waals surface area contributed by atoms with E-state index in [9.17, 15) is 4.79 Å². The molecule has 1 aromatic carbocycles. The Morgan fingerprint density at radius 3 is 2.86 bits per heavy atom. The van der Waals surface area contributed by atoms with Crippen LogP contribution in [0.15, 0.2) is 24.3 Å². The molecule has 1 saturated heterocycles. The van der Waals surface area contributed by atoms with Crippen molar-refractivity contribution >= 4 is 5.91 Å². The largest absolute Gasteiger partial charge is 0.335 e. The van der Waals surface area contributed by atoms with Crippen LogP contribution in [-0.4, -0.2) is 16.8 Å². The summed E-state index contributed by atoms with van der Waals surface area (Å²) >= 11 is 0. The van der Waals surface area contributed by atoms with Gasteiger partial charge in [0.15, 0.2) is 0 Å². The Balaban J connectivity index is 1.99. The van der Waals surface area contributed by atoms with Crippen molar-refractivity contribution in [1.29, 1.82) is 0 Å². The van der Waals surface area contributed by atoms with Gasteiger partial charge in [-0.15, -0.1) is 0 Å². The maximum absolute atomic E-state index is 11.5. The number of amides is 1. The van der Waals surface area contributed by atoms with Crippen LogP contribution in [0.1, 0.15) is 24.0 Å². The highest BCUT2D eigenvalue weighted by molar-refractivity contribution is 5.79. The fourth-order valence-electron chi connectivity index (χ4n) is 2.57. The van der Waals surface area contributed by atoms with Crippen molar-refractivity contribution in [2.75, 3.05) is 0 Å². The van der Waals surface area contributed by atoms with Crippen molar-refractivity contribution < 1.29 is 4.79 Å². The van der Waals surface area contributed by atoms with Crippen molar-refractivity contribution in [3.63, 3.8) is 0 Å². The van der Waals surface area contributed by atoms with E-state index in [1.165, 1.54) is 11.1 Å². The summed E-state index contributed by atoms with van der Waals surface area (Å²) in [5, 5.41) is 0. The van der Waals surface area contributed by atoms with Gasteiger partial charge in [0.05, 0.1) is 0 Å². The van der Waals surface area contributed by atoms with Gasteiger partial charge < -0.3 is 4.90 Å². The van der Waals surface area contributed by atoms with Gasteiger partial charge in [-0.1, -0.05) is 24.3 Å². The first-order valence-corrected chi connectivity index (χ1v) is 5.21. The highest BCUT2D eigenvalue weighted by Gasteiger charge is 2.34. The summed E-state index contributed by atoms with van der Waals surface area (Å²) < 4.78 is 0. The minimum Gasteiger partial charge on any atom is -0.335 e. The van der Waals surface area contributed by atoms with Crippen molar-refractivity contribution in [2.24, 2.45) is 0 Å². The van der Waals surface area contributed by atoms with E-state index in [0.29, 0.717) is 11.9 Å². The summed E-state index contributed by atoms with van der Waals surface area (Å²) in [5.41, 5.74) is 2.77. The van der Waals surface area contributed by atoms with Gasteiger partial charge in [0, 0.05) is 19.0 Å². The summed E-state index contributed by atoms with van der Waals surface area (Å²) in [5.74, 6) is 0.338. The molecule has 2 aliphatic heterocycles. The smallest absolute Gasteiger partial charge is 0.223 e. The lowest BCUT2D eigenvalue weighted by molar-refractivity contribution is -0.129. The van der Waals surface area contributed by atoms with Gasteiger partial charge in [-0.05, 0) is 24.0 Å². The van der Waals surface area contributed by atoms with Crippen LogP contribution < -0.4 is 0 Å². The molecule has 72 valence electrons. The standard InChI is InChI=1S/C12H13NO/c14-12-6-5-11-7-9-3-1-2-4-10(9)8-13(11)12/h1-4,11H,5-8H2. The lowest BCUT2D eigenvalue weighted by Crippen LogP contribution is -2.37. The molecule has 0 saturated carbocycles. The van der Waals surface area contributed by atoms with Crippen LogP contribution in [-0.2, 0) is 17.8 Å². The van der Waals surface area contributed by atoms with Crippen LogP contribution in [0.25, 0.3) is 0 Å². The number of hydrogen-bond donors (Lipinski definition) is 0. The Kier molecular flexibility index (Phi) is 1.63. The van der Waals surface area contributed by atoms with Gasteiger partial charge in [0.1, 0.15) is 0 Å². The molecule has 1 fully saturated rings. The van der Waals surface area contributed by atoms with Crippen LogP contribution >= 0.6 is 0 Å². The first-order valence-electron chi connectivity index (χ1n) is 5.21. The third-order valence-corrected chi connectivity index (χ3v) is 3.37. The highest BCUT2D eigenvalue weighted by Crippen LogP contribution is 2.30. The fraction of sp³-hybridized carbons (Fsp3) is 0.417. The number of hydrogen-bond acceptors (Lipinski definition) is 1. The van der Waals surface area contributed by atoms with Gasteiger partial charge in [0.25, 0.3) is 0 Å². The second-order valence-corrected chi connectivity index (χ2v) is 4.19. The number of fused-ring (bicyclic) bond motifs is 2. The Morgan fingerprint density at radius 1 is 1.21 bits per heavy atom. The Hall–Kier alpha value is -1.31. The summed E-state index contributed by atoms with van der Waals surface area (Å²) in [6, 6.07) is 8.95. The van der Waals surface area contributed by atoms with Crippen LogP contribution in [0.2, 0.25) is 0 Å². The third-order valence-electron chi connectivity index (χ3n) is 3.37. The van der Waals surface area contributed by atoms with E-state index in [1.807, 2.05) is 4.90 Å². The Bertz CT molecular complexity index is 386. The molecule has 0 spiro atoms. The molecule has 2 aliphatic rings. The number of carbonyl (C=O) groups excluding carboxylic acids is 1. The van der Waals surface area contributed by atoms with Gasteiger partial charge in [0.2, 0.25) is 5.91 Å². The van der Waals surface area contributed by atoms with Crippen molar-refractivity contribution in [1.82, 2.24) is 4.90 Å². The zero-order valence-electron chi connectivity index (χ0n) is 8.07. The molecule has 0 aromatic heterocycles. The summed E-state index contributed by atoms with van der Waals surface area (Å²) in [6.45, 7) is 0.833. The Labute approximate surface area is 83.5 Å². The average Bonchev–Trinajstić information content (AvgIpc) is 2.57. The van der Waals surface area contributed by atoms with Crippen LogP contribution in [0.5, 0.6) is 0 Å². The van der Waals surface area contributed by atoms with Crippen LogP contribution in [0, 0.1) is 0 Å². The molecule has 2 heterocycles. The average molecular weight is 187 g/mol. The van der Waals surface area contributed by atoms with Gasteiger partial charge >= 0.3 is 0 Å².